The zero-order valence-electron chi connectivity index (χ0n) is 8.03. The molecule has 0 amide bonds. The highest BCUT2D eigenvalue weighted by molar-refractivity contribution is 6.36. The molecule has 0 atom stereocenters. The van der Waals surface area contributed by atoms with Crippen molar-refractivity contribution in [3.05, 3.63) is 16.1 Å². The zero-order valence-corrected chi connectivity index (χ0v) is 9.54. The molecule has 0 saturated heterocycles. The number of halogens is 5. The molecule has 0 bridgehead atoms. The maximum Gasteiger partial charge on any atom is 0.422 e. The second-order valence-electron chi connectivity index (χ2n) is 2.76. The summed E-state index contributed by atoms with van der Waals surface area (Å²) in [6, 6.07) is 1.26. The van der Waals surface area contributed by atoms with Gasteiger partial charge in [0.2, 0.25) is 5.88 Å². The monoisotopic (exact) mass is 274 g/mol. The number of anilines is 1. The van der Waals surface area contributed by atoms with E-state index in [1.807, 2.05) is 0 Å². The minimum Gasteiger partial charge on any atom is -0.467 e. The summed E-state index contributed by atoms with van der Waals surface area (Å²) in [6.07, 6.45) is -4.44. The molecule has 90 valence electrons. The number of nitrogens with zero attached hydrogens (tertiary/aromatic N) is 1. The van der Waals surface area contributed by atoms with Crippen LogP contribution in [0.5, 0.6) is 5.88 Å². The van der Waals surface area contributed by atoms with Crippen molar-refractivity contribution in [2.24, 2.45) is 0 Å². The van der Waals surface area contributed by atoms with Crippen LogP contribution in [0.3, 0.4) is 0 Å². The molecule has 0 aromatic carbocycles. The number of pyridine rings is 1. The lowest BCUT2D eigenvalue weighted by Gasteiger charge is -2.11. The molecule has 1 aromatic heterocycles. The number of rotatable bonds is 3. The maximum absolute atomic E-state index is 11.9. The van der Waals surface area contributed by atoms with Gasteiger partial charge in [0.1, 0.15) is 10.8 Å². The Bertz CT molecular complexity index is 384. The van der Waals surface area contributed by atoms with Gasteiger partial charge in [-0.25, -0.2) is 0 Å². The Morgan fingerprint density at radius 1 is 1.38 bits per heavy atom. The van der Waals surface area contributed by atoms with E-state index in [0.29, 0.717) is 0 Å². The van der Waals surface area contributed by atoms with Crippen molar-refractivity contribution in [1.82, 2.24) is 4.98 Å². The Kier molecular flexibility index (Phi) is 4.09. The zero-order chi connectivity index (χ0) is 12.3. The molecule has 1 aromatic rings. The Hall–Kier alpha value is -0.880. The molecular formula is C8H7Cl2F3N2O. The Balaban J connectivity index is 2.88. The predicted molar refractivity (Wildman–Crippen MR) is 55.4 cm³/mol. The lowest BCUT2D eigenvalue weighted by molar-refractivity contribution is -0.154. The van der Waals surface area contributed by atoms with Crippen molar-refractivity contribution in [2.45, 2.75) is 6.18 Å². The van der Waals surface area contributed by atoms with E-state index in [0.717, 1.165) is 0 Å². The summed E-state index contributed by atoms with van der Waals surface area (Å²) in [5.74, 6) is -0.115. The molecule has 0 saturated carbocycles. The van der Waals surface area contributed by atoms with Gasteiger partial charge < -0.3 is 10.1 Å². The summed E-state index contributed by atoms with van der Waals surface area (Å²) < 4.78 is 40.1. The first kappa shape index (κ1) is 13.2. The molecule has 0 aliphatic heterocycles. The third-order valence-corrected chi connectivity index (χ3v) is 2.07. The second kappa shape index (κ2) is 4.97. The van der Waals surface area contributed by atoms with E-state index < -0.39 is 12.8 Å². The summed E-state index contributed by atoms with van der Waals surface area (Å²) in [7, 11) is 1.52. The molecule has 3 nitrogen and oxygen atoms in total. The topological polar surface area (TPSA) is 34.2 Å². The van der Waals surface area contributed by atoms with Crippen LogP contribution in [0.2, 0.25) is 10.0 Å². The van der Waals surface area contributed by atoms with Crippen LogP contribution >= 0.6 is 23.2 Å². The lowest BCUT2D eigenvalue weighted by atomic mass is 10.4. The van der Waals surface area contributed by atoms with Gasteiger partial charge in [-0.05, 0) is 6.07 Å². The molecule has 0 aliphatic rings. The van der Waals surface area contributed by atoms with Crippen LogP contribution in [0, 0.1) is 0 Å². The Morgan fingerprint density at radius 2 is 2.00 bits per heavy atom. The van der Waals surface area contributed by atoms with Crippen molar-refractivity contribution in [3.8, 4) is 5.88 Å². The fourth-order valence-corrected chi connectivity index (χ4v) is 1.38. The number of aromatic nitrogens is 1. The molecule has 16 heavy (non-hydrogen) atoms. The van der Waals surface area contributed by atoms with Gasteiger partial charge in [0.25, 0.3) is 0 Å². The van der Waals surface area contributed by atoms with E-state index in [-0.39, 0.29) is 21.7 Å². The first-order valence-corrected chi connectivity index (χ1v) is 4.82. The predicted octanol–water partition coefficient (Wildman–Crippen LogP) is 3.37. The number of nitrogens with one attached hydrogen (secondary N) is 1. The molecule has 1 rings (SSSR count). The first-order valence-electron chi connectivity index (χ1n) is 4.07. The molecule has 1 N–H and O–H groups in total. The summed E-state index contributed by atoms with van der Waals surface area (Å²) in [6.45, 7) is -1.45. The SMILES string of the molecule is CNc1nc(OCC(F)(F)F)c(Cl)cc1Cl. The molecule has 0 fully saturated rings. The van der Waals surface area contributed by atoms with Crippen LogP contribution in [-0.2, 0) is 0 Å². The smallest absolute Gasteiger partial charge is 0.422 e. The summed E-state index contributed by atoms with van der Waals surface area (Å²) in [5, 5.41) is 2.72. The van der Waals surface area contributed by atoms with Gasteiger partial charge in [0, 0.05) is 7.05 Å². The van der Waals surface area contributed by atoms with Gasteiger partial charge >= 0.3 is 6.18 Å². The maximum atomic E-state index is 11.9. The minimum atomic E-state index is -4.44. The van der Waals surface area contributed by atoms with E-state index in [2.05, 4.69) is 15.0 Å². The van der Waals surface area contributed by atoms with E-state index in [9.17, 15) is 13.2 Å². The molecule has 0 unspecified atom stereocenters. The van der Waals surface area contributed by atoms with Gasteiger partial charge in [-0.15, -0.1) is 0 Å². The highest BCUT2D eigenvalue weighted by Crippen LogP contribution is 2.31. The van der Waals surface area contributed by atoms with Crippen LogP contribution in [0.25, 0.3) is 0 Å². The quantitative estimate of drug-likeness (QED) is 0.918. The lowest BCUT2D eigenvalue weighted by Crippen LogP contribution is -2.20. The van der Waals surface area contributed by atoms with Gasteiger partial charge in [0.05, 0.1) is 5.02 Å². The highest BCUT2D eigenvalue weighted by Gasteiger charge is 2.29. The second-order valence-corrected chi connectivity index (χ2v) is 3.57. The average Bonchev–Trinajstić information content (AvgIpc) is 2.15. The number of hydrogen-bond acceptors (Lipinski definition) is 3. The highest BCUT2D eigenvalue weighted by atomic mass is 35.5. The van der Waals surface area contributed by atoms with Crippen molar-refractivity contribution in [2.75, 3.05) is 19.0 Å². The largest absolute Gasteiger partial charge is 0.467 e. The van der Waals surface area contributed by atoms with Crippen molar-refractivity contribution in [1.29, 1.82) is 0 Å². The molecule has 1 heterocycles. The Morgan fingerprint density at radius 3 is 2.50 bits per heavy atom. The molecular weight excluding hydrogens is 268 g/mol. The van der Waals surface area contributed by atoms with Crippen molar-refractivity contribution in [3.63, 3.8) is 0 Å². The summed E-state index contributed by atoms with van der Waals surface area (Å²) in [4.78, 5) is 3.70. The van der Waals surface area contributed by atoms with Crippen molar-refractivity contribution >= 4 is 29.0 Å². The Labute approximate surface area is 99.5 Å². The number of hydrogen-bond donors (Lipinski definition) is 1. The van der Waals surface area contributed by atoms with E-state index in [4.69, 9.17) is 23.2 Å². The minimum absolute atomic E-state index is 0.0757. The van der Waals surface area contributed by atoms with Gasteiger partial charge in [0.15, 0.2) is 6.61 Å². The van der Waals surface area contributed by atoms with E-state index in [1.165, 1.54) is 13.1 Å². The van der Waals surface area contributed by atoms with E-state index >= 15 is 0 Å². The molecule has 0 spiro atoms. The molecule has 0 radical (unpaired) electrons. The van der Waals surface area contributed by atoms with Crippen LogP contribution < -0.4 is 10.1 Å². The fraction of sp³-hybridized carbons (Fsp3) is 0.375. The number of ether oxygens (including phenoxy) is 1. The van der Waals surface area contributed by atoms with Crippen molar-refractivity contribution < 1.29 is 17.9 Å². The first-order chi connectivity index (χ1) is 7.33. The molecule has 8 heteroatoms. The van der Waals surface area contributed by atoms with Crippen LogP contribution in [0.1, 0.15) is 0 Å². The summed E-state index contributed by atoms with van der Waals surface area (Å²) >= 11 is 11.3. The van der Waals surface area contributed by atoms with Gasteiger partial charge in [-0.2, -0.15) is 18.2 Å². The fourth-order valence-electron chi connectivity index (χ4n) is 0.876. The average molecular weight is 275 g/mol. The normalized spacial score (nSPS) is 11.4. The van der Waals surface area contributed by atoms with Crippen LogP contribution in [0.4, 0.5) is 19.0 Å². The van der Waals surface area contributed by atoms with E-state index in [1.54, 1.807) is 0 Å². The van der Waals surface area contributed by atoms with Gasteiger partial charge in [-0.3, -0.25) is 0 Å². The van der Waals surface area contributed by atoms with Crippen LogP contribution in [-0.4, -0.2) is 24.8 Å². The third kappa shape index (κ3) is 3.61. The van der Waals surface area contributed by atoms with Gasteiger partial charge in [-0.1, -0.05) is 23.2 Å². The molecule has 0 aliphatic carbocycles. The number of alkyl halides is 3. The summed E-state index contributed by atoms with van der Waals surface area (Å²) in [5.41, 5.74) is 0. The van der Waals surface area contributed by atoms with Crippen LogP contribution in [0.15, 0.2) is 6.07 Å². The third-order valence-electron chi connectivity index (χ3n) is 1.51. The standard InChI is InChI=1S/C8H7Cl2F3N2O/c1-14-6-4(9)2-5(10)7(15-6)16-3-8(11,12)13/h2H,3H2,1H3,(H,14,15).